The first kappa shape index (κ1) is 22.5. The number of nitrogens with one attached hydrogen (secondary N) is 1. The molecule has 7 nitrogen and oxygen atoms in total. The molecule has 0 radical (unpaired) electrons. The van der Waals surface area contributed by atoms with Gasteiger partial charge in [0, 0.05) is 24.7 Å². The Balaban J connectivity index is 1.44. The molecule has 2 aromatic rings. The van der Waals surface area contributed by atoms with E-state index >= 15 is 0 Å². The van der Waals surface area contributed by atoms with Crippen molar-refractivity contribution in [1.29, 1.82) is 0 Å². The van der Waals surface area contributed by atoms with E-state index in [9.17, 15) is 9.59 Å². The molecule has 31 heavy (non-hydrogen) atoms. The molecule has 1 heterocycles. The zero-order chi connectivity index (χ0) is 22.2. The van der Waals surface area contributed by atoms with E-state index in [4.69, 9.17) is 14.2 Å². The monoisotopic (exact) mass is 426 g/mol. The third-order valence-corrected chi connectivity index (χ3v) is 5.47. The average Bonchev–Trinajstić information content (AvgIpc) is 2.80. The molecule has 0 saturated carbocycles. The van der Waals surface area contributed by atoms with Gasteiger partial charge in [0.2, 0.25) is 5.91 Å². The minimum Gasteiger partial charge on any atom is -0.497 e. The molecule has 1 unspecified atom stereocenters. The van der Waals surface area contributed by atoms with Crippen molar-refractivity contribution < 1.29 is 23.8 Å². The van der Waals surface area contributed by atoms with E-state index in [2.05, 4.69) is 5.32 Å². The number of ether oxygens (including phenoxy) is 3. The van der Waals surface area contributed by atoms with Crippen molar-refractivity contribution >= 4 is 11.8 Å². The molecule has 1 saturated heterocycles. The first-order valence-electron chi connectivity index (χ1n) is 10.5. The van der Waals surface area contributed by atoms with Crippen LogP contribution in [0.3, 0.4) is 0 Å². The molecule has 7 heteroatoms. The number of hydrogen-bond donors (Lipinski definition) is 1. The van der Waals surface area contributed by atoms with Gasteiger partial charge in [-0.2, -0.15) is 0 Å². The fourth-order valence-electron chi connectivity index (χ4n) is 3.63. The molecule has 2 amide bonds. The van der Waals surface area contributed by atoms with Crippen LogP contribution in [0.2, 0.25) is 0 Å². The van der Waals surface area contributed by atoms with Gasteiger partial charge >= 0.3 is 0 Å². The van der Waals surface area contributed by atoms with Crippen LogP contribution in [0.4, 0.5) is 0 Å². The number of carbonyl (C=O) groups is 2. The second-order valence-corrected chi connectivity index (χ2v) is 7.59. The van der Waals surface area contributed by atoms with Gasteiger partial charge in [0.05, 0.1) is 20.6 Å². The van der Waals surface area contributed by atoms with Crippen molar-refractivity contribution in [2.75, 3.05) is 27.3 Å². The maximum absolute atomic E-state index is 12.7. The summed E-state index contributed by atoms with van der Waals surface area (Å²) >= 11 is 0. The number of nitrogens with zero attached hydrogens (tertiary/aromatic N) is 1. The van der Waals surface area contributed by atoms with Crippen molar-refractivity contribution in [3.63, 3.8) is 0 Å². The number of methoxy groups -OCH3 is 2. The molecule has 2 aromatic carbocycles. The van der Waals surface area contributed by atoms with Gasteiger partial charge in [-0.3, -0.25) is 9.59 Å². The maximum Gasteiger partial charge on any atom is 0.260 e. The van der Waals surface area contributed by atoms with Gasteiger partial charge in [0.25, 0.3) is 5.91 Å². The van der Waals surface area contributed by atoms with Crippen molar-refractivity contribution in [2.24, 2.45) is 0 Å². The summed E-state index contributed by atoms with van der Waals surface area (Å²) in [6, 6.07) is 14.7. The summed E-state index contributed by atoms with van der Waals surface area (Å²) in [6.45, 7) is 2.96. The zero-order valence-corrected chi connectivity index (χ0v) is 18.3. The Bertz CT molecular complexity index is 876. The second kappa shape index (κ2) is 10.7. The molecule has 1 N–H and O–H groups in total. The van der Waals surface area contributed by atoms with Gasteiger partial charge in [-0.05, 0) is 50.1 Å². The first-order valence-corrected chi connectivity index (χ1v) is 10.5. The van der Waals surface area contributed by atoms with E-state index in [1.165, 1.54) is 0 Å². The fraction of sp³-hybridized carbons (Fsp3) is 0.417. The molecular formula is C24H30N2O5. The molecule has 0 aliphatic carbocycles. The van der Waals surface area contributed by atoms with Crippen molar-refractivity contribution in [1.82, 2.24) is 10.2 Å². The highest BCUT2D eigenvalue weighted by Gasteiger charge is 2.26. The van der Waals surface area contributed by atoms with E-state index in [-0.39, 0.29) is 17.9 Å². The van der Waals surface area contributed by atoms with E-state index in [1.54, 1.807) is 45.4 Å². The standard InChI is InChI=1S/C24H30N2O5/c1-17(31-21-10-8-20(29-2)9-11-21)24(28)25-19-12-14-26(15-13-19)23(27)16-18-6-4-5-7-22(18)30-3/h4-11,17,19H,12-16H2,1-3H3,(H,25,28). The second-order valence-electron chi connectivity index (χ2n) is 7.59. The lowest BCUT2D eigenvalue weighted by Crippen LogP contribution is -2.49. The Labute approximate surface area is 183 Å². The number of carbonyl (C=O) groups excluding carboxylic acids is 2. The van der Waals surface area contributed by atoms with E-state index in [0.717, 1.165) is 29.9 Å². The minimum absolute atomic E-state index is 0.0322. The molecular weight excluding hydrogens is 396 g/mol. The lowest BCUT2D eigenvalue weighted by molar-refractivity contribution is -0.132. The highest BCUT2D eigenvalue weighted by atomic mass is 16.5. The Hall–Kier alpha value is -3.22. The summed E-state index contributed by atoms with van der Waals surface area (Å²) in [7, 11) is 3.21. The van der Waals surface area contributed by atoms with Crippen LogP contribution in [-0.4, -0.2) is 56.2 Å². The van der Waals surface area contributed by atoms with Gasteiger partial charge in [-0.15, -0.1) is 0 Å². The number of para-hydroxylation sites is 1. The topological polar surface area (TPSA) is 77.1 Å². The van der Waals surface area contributed by atoms with Crippen LogP contribution in [0.15, 0.2) is 48.5 Å². The Morgan fingerprint density at radius 3 is 2.29 bits per heavy atom. The number of rotatable bonds is 8. The van der Waals surface area contributed by atoms with Crippen LogP contribution >= 0.6 is 0 Å². The average molecular weight is 427 g/mol. The van der Waals surface area contributed by atoms with Crippen LogP contribution < -0.4 is 19.5 Å². The number of hydrogen-bond acceptors (Lipinski definition) is 5. The van der Waals surface area contributed by atoms with E-state index < -0.39 is 6.10 Å². The summed E-state index contributed by atoms with van der Waals surface area (Å²) < 4.78 is 16.2. The number of benzene rings is 2. The third kappa shape index (κ3) is 6.13. The normalized spacial score (nSPS) is 15.1. The first-order chi connectivity index (χ1) is 15.0. The summed E-state index contributed by atoms with van der Waals surface area (Å²) in [4.78, 5) is 27.0. The van der Waals surface area contributed by atoms with E-state index in [1.807, 2.05) is 29.2 Å². The molecule has 166 valence electrons. The maximum atomic E-state index is 12.7. The highest BCUT2D eigenvalue weighted by Crippen LogP contribution is 2.21. The Morgan fingerprint density at radius 2 is 1.65 bits per heavy atom. The lowest BCUT2D eigenvalue weighted by atomic mass is 10.0. The minimum atomic E-state index is -0.612. The summed E-state index contributed by atoms with van der Waals surface area (Å²) in [6.07, 6.45) is 1.14. The Kier molecular flexibility index (Phi) is 7.76. The van der Waals surface area contributed by atoms with Crippen LogP contribution in [-0.2, 0) is 16.0 Å². The lowest BCUT2D eigenvalue weighted by Gasteiger charge is -2.33. The van der Waals surface area contributed by atoms with Gasteiger partial charge in [-0.25, -0.2) is 0 Å². The number of piperidine rings is 1. The molecule has 3 rings (SSSR count). The molecule has 1 atom stereocenters. The van der Waals surface area contributed by atoms with Crippen LogP contribution in [0.5, 0.6) is 17.2 Å². The molecule has 0 spiro atoms. The zero-order valence-electron chi connectivity index (χ0n) is 18.3. The van der Waals surface area contributed by atoms with Crippen LogP contribution in [0, 0.1) is 0 Å². The molecule has 0 bridgehead atoms. The van der Waals surface area contributed by atoms with Gasteiger partial charge < -0.3 is 24.4 Å². The van der Waals surface area contributed by atoms with E-state index in [0.29, 0.717) is 25.3 Å². The van der Waals surface area contributed by atoms with Crippen molar-refractivity contribution in [3.8, 4) is 17.2 Å². The van der Waals surface area contributed by atoms with Crippen molar-refractivity contribution in [2.45, 2.75) is 38.3 Å². The largest absolute Gasteiger partial charge is 0.497 e. The van der Waals surface area contributed by atoms with Gasteiger partial charge in [-0.1, -0.05) is 18.2 Å². The van der Waals surface area contributed by atoms with Crippen LogP contribution in [0.1, 0.15) is 25.3 Å². The smallest absolute Gasteiger partial charge is 0.260 e. The molecule has 1 aliphatic heterocycles. The quantitative estimate of drug-likeness (QED) is 0.702. The summed E-state index contributed by atoms with van der Waals surface area (Å²) in [5.74, 6) is 1.99. The van der Waals surface area contributed by atoms with Gasteiger partial charge in [0.15, 0.2) is 6.10 Å². The molecule has 1 fully saturated rings. The number of likely N-dealkylation sites (tertiary alicyclic amines) is 1. The predicted octanol–water partition coefficient (Wildman–Crippen LogP) is 2.82. The third-order valence-electron chi connectivity index (χ3n) is 5.47. The molecule has 1 aliphatic rings. The fourth-order valence-corrected chi connectivity index (χ4v) is 3.63. The molecule has 0 aromatic heterocycles. The Morgan fingerprint density at radius 1 is 1.00 bits per heavy atom. The highest BCUT2D eigenvalue weighted by molar-refractivity contribution is 5.81. The predicted molar refractivity (Wildman–Crippen MR) is 118 cm³/mol. The van der Waals surface area contributed by atoms with Crippen LogP contribution in [0.25, 0.3) is 0 Å². The summed E-state index contributed by atoms with van der Waals surface area (Å²) in [5.41, 5.74) is 0.884. The summed E-state index contributed by atoms with van der Waals surface area (Å²) in [5, 5.41) is 3.04. The SMILES string of the molecule is COc1ccc(OC(C)C(=O)NC2CCN(C(=O)Cc3ccccc3OC)CC2)cc1. The van der Waals surface area contributed by atoms with Gasteiger partial charge in [0.1, 0.15) is 17.2 Å². The van der Waals surface area contributed by atoms with Crippen molar-refractivity contribution in [3.05, 3.63) is 54.1 Å². The number of amides is 2.